The molecule has 1 aromatic carbocycles. The molecule has 2 atom stereocenters. The SMILES string of the molecule is CCOc1cc(C(=O)O[C@@H](C)C(=O)N(CC)[C@H]2CCS(=O)(=O)C2)ccc1OC. The lowest BCUT2D eigenvalue weighted by atomic mass is 10.2. The molecule has 0 bridgehead atoms. The van der Waals surface area contributed by atoms with Crippen LogP contribution in [0.3, 0.4) is 0 Å². The number of methoxy groups -OCH3 is 1. The molecule has 0 N–H and O–H groups in total. The average molecular weight is 413 g/mol. The normalized spacial score (nSPS) is 18.9. The Morgan fingerprint density at radius 3 is 2.50 bits per heavy atom. The van der Waals surface area contributed by atoms with Gasteiger partial charge in [0.2, 0.25) is 0 Å². The first-order valence-electron chi connectivity index (χ1n) is 9.25. The molecule has 1 fully saturated rings. The second kappa shape index (κ2) is 9.27. The van der Waals surface area contributed by atoms with Gasteiger partial charge in [0.25, 0.3) is 5.91 Å². The first kappa shape index (κ1) is 22.0. The van der Waals surface area contributed by atoms with Crippen LogP contribution in [-0.2, 0) is 19.4 Å². The highest BCUT2D eigenvalue weighted by Gasteiger charge is 2.36. The van der Waals surface area contributed by atoms with Gasteiger partial charge in [0.1, 0.15) is 0 Å². The standard InChI is InChI=1S/C19H27NO7S/c1-5-20(15-9-10-28(23,24)12-15)18(21)13(3)27-19(22)14-7-8-16(25-4)17(11-14)26-6-2/h7-8,11,13,15H,5-6,9-10,12H2,1-4H3/t13-,15-/m0/s1. The Balaban J connectivity index is 2.08. The summed E-state index contributed by atoms with van der Waals surface area (Å²) in [6.07, 6.45) is -0.632. The van der Waals surface area contributed by atoms with Crippen LogP contribution in [-0.4, -0.2) is 69.1 Å². The van der Waals surface area contributed by atoms with Crippen LogP contribution in [0.2, 0.25) is 0 Å². The quantitative estimate of drug-likeness (QED) is 0.598. The van der Waals surface area contributed by atoms with Crippen molar-refractivity contribution in [1.82, 2.24) is 4.90 Å². The fourth-order valence-electron chi connectivity index (χ4n) is 3.20. The monoisotopic (exact) mass is 413 g/mol. The zero-order chi connectivity index (χ0) is 20.9. The number of nitrogens with zero attached hydrogens (tertiary/aromatic N) is 1. The van der Waals surface area contributed by atoms with Gasteiger partial charge in [0, 0.05) is 12.6 Å². The summed E-state index contributed by atoms with van der Waals surface area (Å²) in [6.45, 7) is 5.82. The number of hydrogen-bond donors (Lipinski definition) is 0. The van der Waals surface area contributed by atoms with E-state index in [2.05, 4.69) is 0 Å². The minimum absolute atomic E-state index is 0.0521. The van der Waals surface area contributed by atoms with Gasteiger partial charge in [-0.25, -0.2) is 13.2 Å². The van der Waals surface area contributed by atoms with Crippen molar-refractivity contribution in [2.24, 2.45) is 0 Å². The number of ether oxygens (including phenoxy) is 3. The van der Waals surface area contributed by atoms with Gasteiger partial charge in [0.15, 0.2) is 27.4 Å². The van der Waals surface area contributed by atoms with Gasteiger partial charge in [-0.2, -0.15) is 0 Å². The molecule has 1 amide bonds. The zero-order valence-corrected chi connectivity index (χ0v) is 17.5. The fourth-order valence-corrected chi connectivity index (χ4v) is 4.93. The Morgan fingerprint density at radius 1 is 1.25 bits per heavy atom. The third kappa shape index (κ3) is 5.15. The van der Waals surface area contributed by atoms with Gasteiger partial charge < -0.3 is 19.1 Å². The van der Waals surface area contributed by atoms with Crippen molar-refractivity contribution in [1.29, 1.82) is 0 Å². The summed E-state index contributed by atoms with van der Waals surface area (Å²) in [7, 11) is -1.62. The summed E-state index contributed by atoms with van der Waals surface area (Å²) in [5.41, 5.74) is 0.232. The number of sulfone groups is 1. The third-order valence-corrected chi connectivity index (χ3v) is 6.35. The van der Waals surface area contributed by atoms with Crippen molar-refractivity contribution in [2.45, 2.75) is 39.3 Å². The van der Waals surface area contributed by atoms with E-state index in [9.17, 15) is 18.0 Å². The molecular weight excluding hydrogens is 386 g/mol. The minimum Gasteiger partial charge on any atom is -0.493 e. The molecule has 156 valence electrons. The first-order chi connectivity index (χ1) is 13.2. The van der Waals surface area contributed by atoms with Crippen LogP contribution in [0.5, 0.6) is 11.5 Å². The number of carbonyl (C=O) groups excluding carboxylic acids is 2. The number of amides is 1. The molecule has 28 heavy (non-hydrogen) atoms. The third-order valence-electron chi connectivity index (χ3n) is 4.60. The number of likely N-dealkylation sites (N-methyl/N-ethyl adjacent to an activating group) is 1. The number of rotatable bonds is 8. The molecule has 1 aromatic rings. The van der Waals surface area contributed by atoms with Crippen LogP contribution in [0.25, 0.3) is 0 Å². The molecule has 9 heteroatoms. The zero-order valence-electron chi connectivity index (χ0n) is 16.6. The highest BCUT2D eigenvalue weighted by Crippen LogP contribution is 2.28. The number of hydrogen-bond acceptors (Lipinski definition) is 7. The lowest BCUT2D eigenvalue weighted by Gasteiger charge is -2.29. The largest absolute Gasteiger partial charge is 0.493 e. The van der Waals surface area contributed by atoms with Gasteiger partial charge >= 0.3 is 5.97 Å². The molecule has 1 aliphatic rings. The fraction of sp³-hybridized carbons (Fsp3) is 0.579. The van der Waals surface area contributed by atoms with Gasteiger partial charge in [-0.1, -0.05) is 0 Å². The molecule has 0 aliphatic carbocycles. The molecule has 0 radical (unpaired) electrons. The molecule has 0 unspecified atom stereocenters. The van der Waals surface area contributed by atoms with Crippen LogP contribution in [0.1, 0.15) is 37.6 Å². The number of carbonyl (C=O) groups is 2. The maximum atomic E-state index is 12.7. The Bertz CT molecular complexity index is 822. The van der Waals surface area contributed by atoms with Gasteiger partial charge in [-0.15, -0.1) is 0 Å². The first-order valence-corrected chi connectivity index (χ1v) is 11.1. The second-order valence-corrected chi connectivity index (χ2v) is 8.76. The van der Waals surface area contributed by atoms with Crippen LogP contribution in [0.4, 0.5) is 0 Å². The Morgan fingerprint density at radius 2 is 1.96 bits per heavy atom. The summed E-state index contributed by atoms with van der Waals surface area (Å²) in [5, 5.41) is 0. The lowest BCUT2D eigenvalue weighted by molar-refractivity contribution is -0.141. The van der Waals surface area contributed by atoms with E-state index >= 15 is 0 Å². The summed E-state index contributed by atoms with van der Waals surface area (Å²) in [4.78, 5) is 26.7. The van der Waals surface area contributed by atoms with E-state index in [-0.39, 0.29) is 23.1 Å². The topological polar surface area (TPSA) is 99.2 Å². The van der Waals surface area contributed by atoms with Crippen LogP contribution in [0, 0.1) is 0 Å². The molecule has 0 spiro atoms. The van der Waals surface area contributed by atoms with Crippen LogP contribution in [0.15, 0.2) is 18.2 Å². The maximum absolute atomic E-state index is 12.7. The van der Waals surface area contributed by atoms with E-state index in [1.54, 1.807) is 13.0 Å². The molecule has 1 aliphatic heterocycles. The molecule has 1 heterocycles. The number of esters is 1. The van der Waals surface area contributed by atoms with E-state index in [1.807, 2.05) is 6.92 Å². The molecule has 0 saturated carbocycles. The Kier molecular flexibility index (Phi) is 7.29. The predicted molar refractivity (Wildman–Crippen MR) is 103 cm³/mol. The van der Waals surface area contributed by atoms with Crippen molar-refractivity contribution in [2.75, 3.05) is 31.8 Å². The summed E-state index contributed by atoms with van der Waals surface area (Å²) in [6, 6.07) is 4.25. The van der Waals surface area contributed by atoms with E-state index in [4.69, 9.17) is 14.2 Å². The van der Waals surface area contributed by atoms with Crippen LogP contribution >= 0.6 is 0 Å². The van der Waals surface area contributed by atoms with E-state index < -0.39 is 27.8 Å². The van der Waals surface area contributed by atoms with E-state index in [1.165, 1.54) is 31.1 Å². The molecular formula is C19H27NO7S. The maximum Gasteiger partial charge on any atom is 0.339 e. The van der Waals surface area contributed by atoms with Gasteiger partial charge in [0.05, 0.1) is 30.8 Å². The predicted octanol–water partition coefficient (Wildman–Crippen LogP) is 1.67. The van der Waals surface area contributed by atoms with Crippen molar-refractivity contribution in [3.8, 4) is 11.5 Å². The summed E-state index contributed by atoms with van der Waals surface area (Å²) in [5.74, 6) is -0.159. The average Bonchev–Trinajstić information content (AvgIpc) is 3.01. The highest BCUT2D eigenvalue weighted by atomic mass is 32.2. The smallest absolute Gasteiger partial charge is 0.339 e. The molecule has 0 aromatic heterocycles. The van der Waals surface area contributed by atoms with Gasteiger partial charge in [-0.05, 0) is 45.4 Å². The minimum atomic E-state index is -3.12. The summed E-state index contributed by atoms with van der Waals surface area (Å²) >= 11 is 0. The lowest BCUT2D eigenvalue weighted by Crippen LogP contribution is -2.46. The van der Waals surface area contributed by atoms with Gasteiger partial charge in [-0.3, -0.25) is 4.79 Å². The van der Waals surface area contributed by atoms with Crippen molar-refractivity contribution in [3.63, 3.8) is 0 Å². The molecule has 1 saturated heterocycles. The molecule has 2 rings (SSSR count). The van der Waals surface area contributed by atoms with Crippen molar-refractivity contribution in [3.05, 3.63) is 23.8 Å². The highest BCUT2D eigenvalue weighted by molar-refractivity contribution is 7.91. The number of benzene rings is 1. The summed E-state index contributed by atoms with van der Waals surface area (Å²) < 4.78 is 39.4. The molecule has 8 nitrogen and oxygen atoms in total. The Hall–Kier alpha value is -2.29. The van der Waals surface area contributed by atoms with E-state index in [0.29, 0.717) is 31.1 Å². The van der Waals surface area contributed by atoms with E-state index in [0.717, 1.165) is 0 Å². The van der Waals surface area contributed by atoms with Crippen molar-refractivity contribution >= 4 is 21.7 Å². The Labute approximate surface area is 165 Å². The van der Waals surface area contributed by atoms with Crippen molar-refractivity contribution < 1.29 is 32.2 Å². The second-order valence-electron chi connectivity index (χ2n) is 6.53. The van der Waals surface area contributed by atoms with Crippen LogP contribution < -0.4 is 9.47 Å².